The number of thiophene rings is 1. The Labute approximate surface area is 124 Å². The number of nitro groups is 1. The molecule has 0 aliphatic heterocycles. The molecule has 2 rings (SSSR count). The second-order valence-electron chi connectivity index (χ2n) is 4.54. The molecule has 1 atom stereocenters. The summed E-state index contributed by atoms with van der Waals surface area (Å²) in [5, 5.41) is 10.6. The molecule has 1 aromatic heterocycles. The molecule has 1 unspecified atom stereocenters. The Hall–Kier alpha value is -2.28. The molecule has 1 heterocycles. The number of amides is 1. The molecule has 0 bridgehead atoms. The van der Waals surface area contributed by atoms with Gasteiger partial charge in [0.2, 0.25) is 0 Å². The van der Waals surface area contributed by atoms with Gasteiger partial charge in [-0.1, -0.05) is 23.5 Å². The van der Waals surface area contributed by atoms with Crippen molar-refractivity contribution in [3.05, 3.63) is 62.8 Å². The minimum atomic E-state index is -0.523. The van der Waals surface area contributed by atoms with Crippen LogP contribution in [0.4, 0.5) is 9.39 Å². The van der Waals surface area contributed by atoms with Gasteiger partial charge in [0, 0.05) is 13.1 Å². The lowest BCUT2D eigenvalue weighted by Gasteiger charge is -2.24. The van der Waals surface area contributed by atoms with E-state index in [0.29, 0.717) is 4.88 Å². The highest BCUT2D eigenvalue weighted by Gasteiger charge is 2.22. The molecule has 1 aromatic carbocycles. The van der Waals surface area contributed by atoms with Crippen molar-refractivity contribution in [2.24, 2.45) is 0 Å². The third-order valence-corrected chi connectivity index (χ3v) is 4.26. The van der Waals surface area contributed by atoms with E-state index in [9.17, 15) is 19.3 Å². The first-order valence-electron chi connectivity index (χ1n) is 6.17. The zero-order chi connectivity index (χ0) is 15.6. The zero-order valence-electron chi connectivity index (χ0n) is 11.4. The first-order valence-corrected chi connectivity index (χ1v) is 6.98. The van der Waals surface area contributed by atoms with Crippen LogP contribution >= 0.6 is 11.3 Å². The van der Waals surface area contributed by atoms with E-state index in [1.165, 1.54) is 29.2 Å². The SMILES string of the molecule is CC(c1ccc(F)cc1)N(C)C(=O)c1ccc([N+](=O)[O-])s1. The van der Waals surface area contributed by atoms with Crippen LogP contribution in [-0.4, -0.2) is 22.8 Å². The van der Waals surface area contributed by atoms with E-state index in [-0.39, 0.29) is 22.8 Å². The molecule has 0 radical (unpaired) electrons. The Morgan fingerprint density at radius 3 is 2.43 bits per heavy atom. The van der Waals surface area contributed by atoms with Crippen LogP contribution in [0.5, 0.6) is 0 Å². The van der Waals surface area contributed by atoms with Crippen molar-refractivity contribution in [3.63, 3.8) is 0 Å². The van der Waals surface area contributed by atoms with Crippen molar-refractivity contribution in [2.75, 3.05) is 7.05 Å². The summed E-state index contributed by atoms with van der Waals surface area (Å²) in [6.45, 7) is 1.81. The van der Waals surface area contributed by atoms with Gasteiger partial charge in [-0.05, 0) is 30.7 Å². The maximum absolute atomic E-state index is 12.9. The highest BCUT2D eigenvalue weighted by Crippen LogP contribution is 2.27. The highest BCUT2D eigenvalue weighted by atomic mass is 32.1. The van der Waals surface area contributed by atoms with Gasteiger partial charge in [-0.2, -0.15) is 0 Å². The number of benzene rings is 1. The van der Waals surface area contributed by atoms with Crippen molar-refractivity contribution in [1.29, 1.82) is 0 Å². The smallest absolute Gasteiger partial charge is 0.324 e. The zero-order valence-corrected chi connectivity index (χ0v) is 12.3. The van der Waals surface area contributed by atoms with Crippen LogP contribution in [0.15, 0.2) is 36.4 Å². The summed E-state index contributed by atoms with van der Waals surface area (Å²) in [6.07, 6.45) is 0. The van der Waals surface area contributed by atoms with E-state index < -0.39 is 4.92 Å². The van der Waals surface area contributed by atoms with Gasteiger partial charge in [-0.15, -0.1) is 0 Å². The lowest BCUT2D eigenvalue weighted by molar-refractivity contribution is -0.380. The first-order chi connectivity index (χ1) is 9.90. The number of hydrogen-bond donors (Lipinski definition) is 0. The molecule has 0 aliphatic carbocycles. The van der Waals surface area contributed by atoms with Crippen molar-refractivity contribution in [2.45, 2.75) is 13.0 Å². The van der Waals surface area contributed by atoms with Crippen LogP contribution in [0, 0.1) is 15.9 Å². The largest absolute Gasteiger partial charge is 0.334 e. The predicted octanol–water partition coefficient (Wildman–Crippen LogP) is 3.63. The Bertz CT molecular complexity index is 669. The lowest BCUT2D eigenvalue weighted by atomic mass is 10.1. The topological polar surface area (TPSA) is 63.5 Å². The summed E-state index contributed by atoms with van der Waals surface area (Å²) in [5.41, 5.74) is 0.790. The van der Waals surface area contributed by atoms with Crippen LogP contribution < -0.4 is 0 Å². The second-order valence-corrected chi connectivity index (χ2v) is 5.60. The Kier molecular flexibility index (Phi) is 4.32. The number of carbonyl (C=O) groups is 1. The van der Waals surface area contributed by atoms with Gasteiger partial charge in [0.1, 0.15) is 5.82 Å². The van der Waals surface area contributed by atoms with Crippen LogP contribution in [0.25, 0.3) is 0 Å². The maximum Gasteiger partial charge on any atom is 0.324 e. The fourth-order valence-corrected chi connectivity index (χ4v) is 2.66. The summed E-state index contributed by atoms with van der Waals surface area (Å²) in [4.78, 5) is 24.2. The van der Waals surface area contributed by atoms with E-state index in [1.807, 2.05) is 6.92 Å². The fraction of sp³-hybridized carbons (Fsp3) is 0.214. The van der Waals surface area contributed by atoms with Crippen molar-refractivity contribution < 1.29 is 14.1 Å². The van der Waals surface area contributed by atoms with Crippen molar-refractivity contribution in [1.82, 2.24) is 4.90 Å². The average molecular weight is 308 g/mol. The molecule has 0 spiro atoms. The third-order valence-electron chi connectivity index (χ3n) is 3.24. The predicted molar refractivity (Wildman–Crippen MR) is 77.9 cm³/mol. The molecule has 0 aliphatic rings. The van der Waals surface area contributed by atoms with Gasteiger partial charge >= 0.3 is 5.00 Å². The molecule has 7 heteroatoms. The van der Waals surface area contributed by atoms with E-state index in [1.54, 1.807) is 19.2 Å². The average Bonchev–Trinajstić information content (AvgIpc) is 2.96. The van der Waals surface area contributed by atoms with Gasteiger partial charge in [-0.3, -0.25) is 14.9 Å². The van der Waals surface area contributed by atoms with E-state index >= 15 is 0 Å². The number of rotatable bonds is 4. The van der Waals surface area contributed by atoms with Gasteiger partial charge in [0.15, 0.2) is 0 Å². The molecule has 0 fully saturated rings. The van der Waals surface area contributed by atoms with Gasteiger partial charge in [0.25, 0.3) is 5.91 Å². The summed E-state index contributed by atoms with van der Waals surface area (Å²) < 4.78 is 12.9. The van der Waals surface area contributed by atoms with Crippen molar-refractivity contribution >= 4 is 22.2 Å². The molecular formula is C14H13FN2O3S. The minimum Gasteiger partial charge on any atom is -0.334 e. The molecule has 0 saturated carbocycles. The van der Waals surface area contributed by atoms with E-state index in [0.717, 1.165) is 16.9 Å². The van der Waals surface area contributed by atoms with Gasteiger partial charge in [-0.25, -0.2) is 4.39 Å². The number of carbonyl (C=O) groups excluding carboxylic acids is 1. The Morgan fingerprint density at radius 2 is 1.90 bits per heavy atom. The second kappa shape index (κ2) is 6.01. The molecule has 5 nitrogen and oxygen atoms in total. The minimum absolute atomic E-state index is 0.0683. The molecule has 2 aromatic rings. The quantitative estimate of drug-likeness (QED) is 0.640. The van der Waals surface area contributed by atoms with E-state index in [2.05, 4.69) is 0 Å². The monoisotopic (exact) mass is 308 g/mol. The summed E-state index contributed by atoms with van der Waals surface area (Å²) in [5.74, 6) is -0.640. The Morgan fingerprint density at radius 1 is 1.29 bits per heavy atom. The third kappa shape index (κ3) is 3.25. The summed E-state index contributed by atoms with van der Waals surface area (Å²) >= 11 is 0.842. The molecule has 0 saturated heterocycles. The highest BCUT2D eigenvalue weighted by molar-refractivity contribution is 7.17. The molecule has 110 valence electrons. The van der Waals surface area contributed by atoms with E-state index in [4.69, 9.17) is 0 Å². The summed E-state index contributed by atoms with van der Waals surface area (Å²) in [7, 11) is 1.61. The fourth-order valence-electron chi connectivity index (χ4n) is 1.86. The number of hydrogen-bond acceptors (Lipinski definition) is 4. The van der Waals surface area contributed by atoms with Crippen LogP contribution in [0.1, 0.15) is 28.2 Å². The van der Waals surface area contributed by atoms with Gasteiger partial charge in [0.05, 0.1) is 15.8 Å². The van der Waals surface area contributed by atoms with Crippen LogP contribution in [-0.2, 0) is 0 Å². The van der Waals surface area contributed by atoms with Crippen molar-refractivity contribution in [3.8, 4) is 0 Å². The molecular weight excluding hydrogens is 295 g/mol. The number of nitrogens with zero attached hydrogens (tertiary/aromatic N) is 2. The van der Waals surface area contributed by atoms with Crippen LogP contribution in [0.2, 0.25) is 0 Å². The normalized spacial score (nSPS) is 12.0. The number of halogens is 1. The van der Waals surface area contributed by atoms with Gasteiger partial charge < -0.3 is 4.90 Å². The first kappa shape index (κ1) is 15.1. The maximum atomic E-state index is 12.9. The molecule has 1 amide bonds. The molecule has 21 heavy (non-hydrogen) atoms. The Balaban J connectivity index is 2.17. The molecule has 0 N–H and O–H groups in total. The lowest BCUT2D eigenvalue weighted by Crippen LogP contribution is -2.29. The summed E-state index contributed by atoms with van der Waals surface area (Å²) in [6, 6.07) is 8.38. The van der Waals surface area contributed by atoms with Crippen LogP contribution in [0.3, 0.4) is 0 Å². The standard InChI is InChI=1S/C14H13FN2O3S/c1-9(10-3-5-11(15)6-4-10)16(2)14(18)12-7-8-13(21-12)17(19)20/h3-9H,1-2H3.